The molecule has 0 N–H and O–H groups in total. The van der Waals surface area contributed by atoms with Gasteiger partial charge in [0.05, 0.1) is 12.1 Å². The first-order chi connectivity index (χ1) is 14.5. The van der Waals surface area contributed by atoms with Crippen molar-refractivity contribution in [3.63, 3.8) is 0 Å². The molecule has 4 heterocycles. The maximum atomic E-state index is 14.5. The summed E-state index contributed by atoms with van der Waals surface area (Å²) in [5.41, 5.74) is 5.46. The van der Waals surface area contributed by atoms with Gasteiger partial charge in [0.25, 0.3) is 0 Å². The molecular formula is C22H19FIN5O. The lowest BCUT2D eigenvalue weighted by atomic mass is 10.00. The van der Waals surface area contributed by atoms with Gasteiger partial charge in [-0.25, -0.2) is 24.3 Å². The Balaban J connectivity index is 1.54. The van der Waals surface area contributed by atoms with E-state index >= 15 is 0 Å². The molecule has 0 fully saturated rings. The molecule has 0 bridgehead atoms. The smallest absolute Gasteiger partial charge is 0.127 e. The lowest BCUT2D eigenvalue weighted by Crippen LogP contribution is -2.06. The quantitative estimate of drug-likeness (QED) is 0.380. The Morgan fingerprint density at radius 1 is 1.10 bits per heavy atom. The minimum absolute atomic E-state index is 0.181. The van der Waals surface area contributed by atoms with Crippen LogP contribution in [0.3, 0.4) is 0 Å². The first-order valence-electron chi connectivity index (χ1n) is 9.77. The van der Waals surface area contributed by atoms with E-state index in [1.165, 1.54) is 6.07 Å². The Morgan fingerprint density at radius 3 is 2.77 bits per heavy atom. The summed E-state index contributed by atoms with van der Waals surface area (Å²) in [7, 11) is 0. The maximum absolute atomic E-state index is 14.5. The summed E-state index contributed by atoms with van der Waals surface area (Å²) in [4.78, 5) is 18.0. The Kier molecular flexibility index (Phi) is 4.88. The highest BCUT2D eigenvalue weighted by Crippen LogP contribution is 2.32. The van der Waals surface area contributed by atoms with Gasteiger partial charge in [0.2, 0.25) is 0 Å². The molecule has 8 heteroatoms. The normalized spacial score (nSPS) is 12.9. The number of ether oxygens (including phenoxy) is 1. The molecule has 30 heavy (non-hydrogen) atoms. The van der Waals surface area contributed by atoms with Crippen LogP contribution < -0.4 is 4.74 Å². The van der Waals surface area contributed by atoms with Crippen LogP contribution in [0.2, 0.25) is 0 Å². The molecule has 0 atom stereocenters. The van der Waals surface area contributed by atoms with Crippen LogP contribution in [-0.2, 0) is 19.3 Å². The highest BCUT2D eigenvalue weighted by molar-refractivity contribution is 14.1. The number of benzene rings is 1. The minimum atomic E-state index is -0.181. The van der Waals surface area contributed by atoms with Crippen LogP contribution >= 0.6 is 22.6 Å². The van der Waals surface area contributed by atoms with E-state index in [4.69, 9.17) is 9.72 Å². The second kappa shape index (κ2) is 7.57. The molecule has 5 rings (SSSR count). The molecule has 152 valence electrons. The number of rotatable bonds is 4. The molecule has 0 amide bonds. The van der Waals surface area contributed by atoms with Crippen LogP contribution in [0.15, 0.2) is 30.9 Å². The fourth-order valence-corrected chi connectivity index (χ4v) is 4.75. The third kappa shape index (κ3) is 3.23. The van der Waals surface area contributed by atoms with E-state index in [1.54, 1.807) is 12.4 Å². The van der Waals surface area contributed by atoms with Crippen molar-refractivity contribution in [2.75, 3.05) is 6.61 Å². The Morgan fingerprint density at radius 2 is 1.93 bits per heavy atom. The summed E-state index contributed by atoms with van der Waals surface area (Å²) >= 11 is 2.23. The van der Waals surface area contributed by atoms with E-state index in [-0.39, 0.29) is 5.82 Å². The molecule has 0 saturated carbocycles. The van der Waals surface area contributed by atoms with E-state index in [0.29, 0.717) is 19.4 Å². The fourth-order valence-electron chi connectivity index (χ4n) is 4.08. The van der Waals surface area contributed by atoms with E-state index in [2.05, 4.69) is 37.5 Å². The monoisotopic (exact) mass is 515 g/mol. The van der Waals surface area contributed by atoms with Gasteiger partial charge in [-0.15, -0.1) is 0 Å². The molecular weight excluding hydrogens is 496 g/mol. The second-order valence-electron chi connectivity index (χ2n) is 7.36. The van der Waals surface area contributed by atoms with Gasteiger partial charge >= 0.3 is 0 Å². The lowest BCUT2D eigenvalue weighted by Gasteiger charge is -2.12. The Hall–Kier alpha value is -2.62. The molecule has 4 aromatic rings. The van der Waals surface area contributed by atoms with Crippen LogP contribution in [0.4, 0.5) is 4.39 Å². The first kappa shape index (κ1) is 19.3. The zero-order chi connectivity index (χ0) is 20.8. The molecule has 0 saturated heterocycles. The summed E-state index contributed by atoms with van der Waals surface area (Å²) in [6.07, 6.45) is 7.37. The van der Waals surface area contributed by atoms with Crippen LogP contribution in [0.1, 0.15) is 28.5 Å². The van der Waals surface area contributed by atoms with Crippen molar-refractivity contribution in [1.29, 1.82) is 0 Å². The van der Waals surface area contributed by atoms with Crippen molar-refractivity contribution in [3.8, 4) is 16.9 Å². The van der Waals surface area contributed by atoms with Crippen LogP contribution in [0.5, 0.6) is 5.75 Å². The number of aryl methyl sites for hydroxylation is 3. The molecule has 6 nitrogen and oxygen atoms in total. The summed E-state index contributed by atoms with van der Waals surface area (Å²) in [6.45, 7) is 4.46. The number of halogens is 2. The van der Waals surface area contributed by atoms with Gasteiger partial charge in [-0.3, -0.25) is 4.40 Å². The standard InChI is InChI=1S/C22H19FIN5O/c1-12-16(9-25-13(2)28-12)17-10-26-20(29-11-27-22(24)21(17)29)6-3-14-15-7-8-30-19(15)5-4-18(14)23/h4-5,9-11H,3,6-8H2,1-2H3. The topological polar surface area (TPSA) is 65.2 Å². The third-order valence-electron chi connectivity index (χ3n) is 5.53. The molecule has 0 radical (unpaired) electrons. The number of aromatic nitrogens is 5. The van der Waals surface area contributed by atoms with Gasteiger partial charge < -0.3 is 4.74 Å². The highest BCUT2D eigenvalue weighted by Gasteiger charge is 2.21. The van der Waals surface area contributed by atoms with Gasteiger partial charge in [0.15, 0.2) is 0 Å². The van der Waals surface area contributed by atoms with E-state index in [0.717, 1.165) is 61.0 Å². The number of hydrogen-bond acceptors (Lipinski definition) is 5. The fraction of sp³-hybridized carbons (Fsp3) is 0.273. The van der Waals surface area contributed by atoms with Crippen molar-refractivity contribution in [2.45, 2.75) is 33.1 Å². The van der Waals surface area contributed by atoms with Crippen molar-refractivity contribution >= 4 is 28.1 Å². The van der Waals surface area contributed by atoms with Crippen LogP contribution in [0, 0.1) is 23.4 Å². The van der Waals surface area contributed by atoms with Crippen molar-refractivity contribution in [1.82, 2.24) is 24.3 Å². The zero-order valence-electron chi connectivity index (χ0n) is 16.6. The number of nitrogens with zero attached hydrogens (tertiary/aromatic N) is 5. The molecule has 0 aliphatic carbocycles. The number of imidazole rings is 1. The minimum Gasteiger partial charge on any atom is -0.493 e. The molecule has 3 aromatic heterocycles. The maximum Gasteiger partial charge on any atom is 0.127 e. The van der Waals surface area contributed by atoms with E-state index in [9.17, 15) is 4.39 Å². The second-order valence-corrected chi connectivity index (χ2v) is 8.38. The summed E-state index contributed by atoms with van der Waals surface area (Å²) in [5.74, 6) is 2.19. The first-order valence-corrected chi connectivity index (χ1v) is 10.8. The van der Waals surface area contributed by atoms with Crippen LogP contribution in [0.25, 0.3) is 16.6 Å². The predicted molar refractivity (Wildman–Crippen MR) is 119 cm³/mol. The number of fused-ring (bicyclic) bond motifs is 2. The molecule has 0 unspecified atom stereocenters. The number of hydrogen-bond donors (Lipinski definition) is 0. The molecule has 1 aliphatic heterocycles. The van der Waals surface area contributed by atoms with Crippen molar-refractivity contribution < 1.29 is 9.13 Å². The van der Waals surface area contributed by atoms with E-state index < -0.39 is 0 Å². The summed E-state index contributed by atoms with van der Waals surface area (Å²) in [5, 5.41) is 0. The Labute approximate surface area is 186 Å². The van der Waals surface area contributed by atoms with Crippen molar-refractivity contribution in [2.24, 2.45) is 0 Å². The van der Waals surface area contributed by atoms with Gasteiger partial charge in [-0.1, -0.05) is 0 Å². The lowest BCUT2D eigenvalue weighted by molar-refractivity contribution is 0.356. The Bertz CT molecular complexity index is 1290. The SMILES string of the molecule is Cc1ncc(-c2cnc(CCc3c(F)ccc4c3CCO4)n3cnc(I)c23)c(C)n1. The largest absolute Gasteiger partial charge is 0.493 e. The van der Waals surface area contributed by atoms with Gasteiger partial charge in [-0.05, 0) is 60.6 Å². The average molecular weight is 515 g/mol. The van der Waals surface area contributed by atoms with Gasteiger partial charge in [0.1, 0.15) is 33.2 Å². The van der Waals surface area contributed by atoms with Gasteiger partial charge in [-0.2, -0.15) is 0 Å². The summed E-state index contributed by atoms with van der Waals surface area (Å²) < 4.78 is 23.0. The molecule has 1 aromatic carbocycles. The molecule has 0 spiro atoms. The zero-order valence-corrected chi connectivity index (χ0v) is 18.8. The molecule has 1 aliphatic rings. The summed E-state index contributed by atoms with van der Waals surface area (Å²) in [6, 6.07) is 3.21. The van der Waals surface area contributed by atoms with Crippen LogP contribution in [-0.4, -0.2) is 30.9 Å². The highest BCUT2D eigenvalue weighted by atomic mass is 127. The van der Waals surface area contributed by atoms with Gasteiger partial charge in [0, 0.05) is 47.6 Å². The van der Waals surface area contributed by atoms with Crippen molar-refractivity contribution in [3.05, 3.63) is 68.8 Å². The van der Waals surface area contributed by atoms with E-state index in [1.807, 2.05) is 30.6 Å². The third-order valence-corrected chi connectivity index (χ3v) is 6.32. The predicted octanol–water partition coefficient (Wildman–Crippen LogP) is 4.27. The average Bonchev–Trinajstić information content (AvgIpc) is 3.35.